The number of hydrogen-bond acceptors (Lipinski definition) is 2. The number of anilines is 1. The molecule has 0 aliphatic rings. The van der Waals surface area contributed by atoms with E-state index < -0.39 is 11.8 Å². The summed E-state index contributed by atoms with van der Waals surface area (Å²) in [5.41, 5.74) is 1.15. The lowest BCUT2D eigenvalue weighted by atomic mass is 10.2. The molecule has 0 bridgehead atoms. The standard InChI is InChI=1S/C20H16ClFN2O2/c21-17-12-15(22)11-10-14(17)13-23-20(25)24-18-8-4-5-9-19(18)26-16-6-2-1-3-7-16/h1-12H,13H2,(H2,23,24,25). The number of carbonyl (C=O) groups is 1. The maximum absolute atomic E-state index is 13.1. The van der Waals surface area contributed by atoms with Gasteiger partial charge in [0.2, 0.25) is 0 Å². The van der Waals surface area contributed by atoms with E-state index in [9.17, 15) is 9.18 Å². The van der Waals surface area contributed by atoms with E-state index in [0.717, 1.165) is 0 Å². The van der Waals surface area contributed by atoms with Crippen LogP contribution >= 0.6 is 11.6 Å². The molecule has 132 valence electrons. The third-order valence-corrected chi connectivity index (χ3v) is 3.91. The van der Waals surface area contributed by atoms with Gasteiger partial charge in [-0.2, -0.15) is 0 Å². The lowest BCUT2D eigenvalue weighted by Crippen LogP contribution is -2.28. The van der Waals surface area contributed by atoms with Gasteiger partial charge in [0, 0.05) is 11.6 Å². The first-order valence-corrected chi connectivity index (χ1v) is 8.30. The van der Waals surface area contributed by atoms with Crippen LogP contribution in [-0.4, -0.2) is 6.03 Å². The summed E-state index contributed by atoms with van der Waals surface area (Å²) in [5.74, 6) is 0.768. The summed E-state index contributed by atoms with van der Waals surface area (Å²) in [6.07, 6.45) is 0. The van der Waals surface area contributed by atoms with Crippen LogP contribution in [0.2, 0.25) is 5.02 Å². The molecular formula is C20H16ClFN2O2. The minimum atomic E-state index is -0.422. The van der Waals surface area contributed by atoms with Gasteiger partial charge >= 0.3 is 6.03 Å². The largest absolute Gasteiger partial charge is 0.455 e. The summed E-state index contributed by atoms with van der Waals surface area (Å²) in [7, 11) is 0. The molecule has 0 unspecified atom stereocenters. The van der Waals surface area contributed by atoms with Crippen molar-refractivity contribution < 1.29 is 13.9 Å². The Morgan fingerprint density at radius 2 is 1.73 bits per heavy atom. The number of halogens is 2. The lowest BCUT2D eigenvalue weighted by molar-refractivity contribution is 0.251. The van der Waals surface area contributed by atoms with Gasteiger partial charge in [-0.1, -0.05) is 48.0 Å². The summed E-state index contributed by atoms with van der Waals surface area (Å²) < 4.78 is 18.9. The molecule has 3 aromatic rings. The topological polar surface area (TPSA) is 50.4 Å². The highest BCUT2D eigenvalue weighted by Crippen LogP contribution is 2.29. The van der Waals surface area contributed by atoms with Crippen LogP contribution in [0.3, 0.4) is 0 Å². The first kappa shape index (κ1) is 17.8. The Morgan fingerprint density at radius 1 is 1.00 bits per heavy atom. The molecule has 6 heteroatoms. The monoisotopic (exact) mass is 370 g/mol. The van der Waals surface area contributed by atoms with E-state index in [4.69, 9.17) is 16.3 Å². The quantitative estimate of drug-likeness (QED) is 0.614. The molecule has 0 aliphatic heterocycles. The molecule has 3 aromatic carbocycles. The number of amides is 2. The summed E-state index contributed by atoms with van der Waals surface area (Å²) in [6.45, 7) is 0.173. The Balaban J connectivity index is 1.64. The highest BCUT2D eigenvalue weighted by Gasteiger charge is 2.09. The van der Waals surface area contributed by atoms with E-state index in [1.54, 1.807) is 18.2 Å². The van der Waals surface area contributed by atoms with Gasteiger partial charge in [0.15, 0.2) is 5.75 Å². The first-order valence-electron chi connectivity index (χ1n) is 7.92. The number of nitrogens with one attached hydrogen (secondary N) is 2. The molecule has 0 atom stereocenters. The number of urea groups is 1. The smallest absolute Gasteiger partial charge is 0.319 e. The average Bonchev–Trinajstić information content (AvgIpc) is 2.63. The van der Waals surface area contributed by atoms with E-state index in [-0.39, 0.29) is 11.6 Å². The summed E-state index contributed by atoms with van der Waals surface area (Å²) in [5, 5.41) is 5.69. The van der Waals surface area contributed by atoms with E-state index >= 15 is 0 Å². The molecule has 3 rings (SSSR count). The van der Waals surface area contributed by atoms with Gasteiger partial charge in [-0.25, -0.2) is 9.18 Å². The summed E-state index contributed by atoms with van der Waals surface area (Å²) in [4.78, 5) is 12.2. The third kappa shape index (κ3) is 4.74. The average molecular weight is 371 g/mol. The maximum Gasteiger partial charge on any atom is 0.319 e. The highest BCUT2D eigenvalue weighted by atomic mass is 35.5. The number of para-hydroxylation sites is 3. The van der Waals surface area contributed by atoms with Crippen LogP contribution in [0, 0.1) is 5.82 Å². The van der Waals surface area contributed by atoms with Crippen molar-refractivity contribution in [1.82, 2.24) is 5.32 Å². The second-order valence-corrected chi connectivity index (χ2v) is 5.86. The minimum Gasteiger partial charge on any atom is -0.455 e. The maximum atomic E-state index is 13.1. The van der Waals surface area contributed by atoms with Crippen LogP contribution in [0.1, 0.15) is 5.56 Å². The van der Waals surface area contributed by atoms with E-state index in [1.165, 1.54) is 18.2 Å². The van der Waals surface area contributed by atoms with Crippen molar-refractivity contribution in [2.45, 2.75) is 6.54 Å². The highest BCUT2D eigenvalue weighted by molar-refractivity contribution is 6.31. The molecule has 2 N–H and O–H groups in total. The molecule has 0 heterocycles. The fraction of sp³-hybridized carbons (Fsp3) is 0.0500. The Labute approximate surface area is 155 Å². The summed E-state index contributed by atoms with van der Waals surface area (Å²) in [6, 6.07) is 20.0. The third-order valence-electron chi connectivity index (χ3n) is 3.56. The Bertz CT molecular complexity index is 903. The molecule has 2 amide bonds. The predicted octanol–water partition coefficient (Wildman–Crippen LogP) is 5.59. The Hall–Kier alpha value is -3.05. The normalized spacial score (nSPS) is 10.2. The number of benzene rings is 3. The van der Waals surface area contributed by atoms with E-state index in [2.05, 4.69) is 10.6 Å². The SMILES string of the molecule is O=C(NCc1ccc(F)cc1Cl)Nc1ccccc1Oc1ccccc1. The van der Waals surface area contributed by atoms with Crippen LogP contribution < -0.4 is 15.4 Å². The van der Waals surface area contributed by atoms with Crippen molar-refractivity contribution in [3.63, 3.8) is 0 Å². The second-order valence-electron chi connectivity index (χ2n) is 5.45. The zero-order valence-electron chi connectivity index (χ0n) is 13.7. The van der Waals surface area contributed by atoms with Gasteiger partial charge < -0.3 is 15.4 Å². The van der Waals surface area contributed by atoms with Crippen molar-refractivity contribution in [1.29, 1.82) is 0 Å². The molecule has 0 spiro atoms. The fourth-order valence-electron chi connectivity index (χ4n) is 2.28. The van der Waals surface area contributed by atoms with Crippen LogP contribution in [0.15, 0.2) is 72.8 Å². The van der Waals surface area contributed by atoms with Gasteiger partial charge in [0.25, 0.3) is 0 Å². The van der Waals surface area contributed by atoms with Gasteiger partial charge in [-0.05, 0) is 42.0 Å². The van der Waals surface area contributed by atoms with Gasteiger partial charge in [0.1, 0.15) is 11.6 Å². The van der Waals surface area contributed by atoms with Crippen molar-refractivity contribution in [3.8, 4) is 11.5 Å². The van der Waals surface area contributed by atoms with Gasteiger partial charge in [-0.3, -0.25) is 0 Å². The molecule has 0 saturated heterocycles. The van der Waals surface area contributed by atoms with E-state index in [1.807, 2.05) is 36.4 Å². The second kappa shape index (κ2) is 8.36. The van der Waals surface area contributed by atoms with Crippen molar-refractivity contribution in [3.05, 3.63) is 89.2 Å². The number of rotatable bonds is 5. The van der Waals surface area contributed by atoms with Gasteiger partial charge in [-0.15, -0.1) is 0 Å². The predicted molar refractivity (Wildman–Crippen MR) is 100 cm³/mol. The Kier molecular flexibility index (Phi) is 5.71. The zero-order valence-corrected chi connectivity index (χ0v) is 14.5. The molecule has 0 aromatic heterocycles. The molecule has 0 fully saturated rings. The first-order chi connectivity index (χ1) is 12.6. The lowest BCUT2D eigenvalue weighted by Gasteiger charge is -2.13. The zero-order chi connectivity index (χ0) is 18.4. The fourth-order valence-corrected chi connectivity index (χ4v) is 2.52. The van der Waals surface area contributed by atoms with Crippen LogP contribution in [0.4, 0.5) is 14.9 Å². The molecule has 0 aliphatic carbocycles. The number of hydrogen-bond donors (Lipinski definition) is 2. The van der Waals surface area contributed by atoms with Crippen molar-refractivity contribution >= 4 is 23.3 Å². The molecular weight excluding hydrogens is 355 g/mol. The number of ether oxygens (including phenoxy) is 1. The minimum absolute atomic E-state index is 0.173. The molecule has 26 heavy (non-hydrogen) atoms. The number of carbonyl (C=O) groups excluding carboxylic acids is 1. The molecule has 0 saturated carbocycles. The molecule has 0 radical (unpaired) electrons. The molecule has 4 nitrogen and oxygen atoms in total. The van der Waals surface area contributed by atoms with Crippen molar-refractivity contribution in [2.24, 2.45) is 0 Å². The van der Waals surface area contributed by atoms with Crippen molar-refractivity contribution in [2.75, 3.05) is 5.32 Å². The Morgan fingerprint density at radius 3 is 2.50 bits per heavy atom. The summed E-state index contributed by atoms with van der Waals surface area (Å²) >= 11 is 5.96. The van der Waals surface area contributed by atoms with Crippen LogP contribution in [0.25, 0.3) is 0 Å². The van der Waals surface area contributed by atoms with Crippen LogP contribution in [-0.2, 0) is 6.54 Å². The van der Waals surface area contributed by atoms with E-state index in [0.29, 0.717) is 22.7 Å². The van der Waals surface area contributed by atoms with Crippen LogP contribution in [0.5, 0.6) is 11.5 Å². The van der Waals surface area contributed by atoms with Gasteiger partial charge in [0.05, 0.1) is 5.69 Å².